The topological polar surface area (TPSA) is 64.7 Å². The fraction of sp³-hybridized carbons (Fsp3) is 0.556. The summed E-state index contributed by atoms with van der Waals surface area (Å²) in [6.07, 6.45) is 5.14. The van der Waals surface area contributed by atoms with Crippen LogP contribution in [0.1, 0.15) is 33.6 Å². The largest absolute Gasteiger partial charge is 0.369 e. The number of halogens is 1. The Kier molecular flexibility index (Phi) is 7.04. The quantitative estimate of drug-likeness (QED) is 0.613. The molecule has 2 aliphatic rings. The molecule has 0 aromatic rings. The second-order valence-corrected chi connectivity index (χ2v) is 9.28. The molecule has 0 bridgehead atoms. The van der Waals surface area contributed by atoms with E-state index in [1.54, 1.807) is 14.0 Å². The highest BCUT2D eigenvalue weighted by atomic mass is 35.5. The summed E-state index contributed by atoms with van der Waals surface area (Å²) in [6, 6.07) is 2.83. The summed E-state index contributed by atoms with van der Waals surface area (Å²) in [5.41, 5.74) is 8.54. The van der Waals surface area contributed by atoms with Gasteiger partial charge in [-0.15, -0.1) is 0 Å². The third-order valence-electron chi connectivity index (χ3n) is 4.69. The van der Waals surface area contributed by atoms with Crippen molar-refractivity contribution in [2.45, 2.75) is 38.9 Å². The van der Waals surface area contributed by atoms with Crippen molar-refractivity contribution in [3.05, 3.63) is 34.2 Å². The summed E-state index contributed by atoms with van der Waals surface area (Å²) in [5, 5.41) is 0.336. The van der Waals surface area contributed by atoms with Crippen LogP contribution in [0.3, 0.4) is 0 Å². The van der Waals surface area contributed by atoms with Crippen LogP contribution in [0.2, 0.25) is 0 Å². The van der Waals surface area contributed by atoms with E-state index in [1.165, 1.54) is 4.31 Å². The molecule has 1 aliphatic heterocycles. The van der Waals surface area contributed by atoms with Crippen LogP contribution in [0.15, 0.2) is 34.2 Å². The monoisotopic (exact) mass is 398 g/mol. The maximum Gasteiger partial charge on any atom is 0.216 e. The van der Waals surface area contributed by atoms with Crippen LogP contribution in [0.25, 0.3) is 0 Å². The number of hydrogen-bond donors (Lipinski definition) is 2. The Morgan fingerprint density at radius 1 is 1.35 bits per heavy atom. The van der Waals surface area contributed by atoms with Crippen molar-refractivity contribution in [3.8, 4) is 12.0 Å². The maximum atomic E-state index is 12.5. The van der Waals surface area contributed by atoms with Crippen molar-refractivity contribution < 1.29 is 8.42 Å². The van der Waals surface area contributed by atoms with E-state index in [-0.39, 0.29) is 5.25 Å². The van der Waals surface area contributed by atoms with Crippen molar-refractivity contribution in [2.75, 3.05) is 26.7 Å². The number of hydrogen-bond acceptors (Lipinski definition) is 5. The summed E-state index contributed by atoms with van der Waals surface area (Å²) in [6.45, 7) is 7.35. The van der Waals surface area contributed by atoms with E-state index in [1.807, 2.05) is 26.0 Å². The number of nitrogens with one attached hydrogen (secondary N) is 2. The highest BCUT2D eigenvalue weighted by Gasteiger charge is 2.25. The van der Waals surface area contributed by atoms with Crippen LogP contribution in [-0.4, -0.2) is 49.6 Å². The number of fused-ring (bicyclic) bond motifs is 1. The smallest absolute Gasteiger partial charge is 0.216 e. The molecule has 6 nitrogen and oxygen atoms in total. The van der Waals surface area contributed by atoms with Crippen molar-refractivity contribution in [2.24, 2.45) is 0 Å². The Labute approximate surface area is 162 Å². The Balaban J connectivity index is 2.24. The van der Waals surface area contributed by atoms with Crippen LogP contribution in [0.4, 0.5) is 0 Å². The second kappa shape index (κ2) is 8.85. The van der Waals surface area contributed by atoms with Crippen LogP contribution in [-0.2, 0) is 10.0 Å². The van der Waals surface area contributed by atoms with Gasteiger partial charge in [0.25, 0.3) is 0 Å². The molecule has 144 valence electrons. The molecular weight excluding hydrogens is 372 g/mol. The number of rotatable bonds is 8. The average Bonchev–Trinajstić information content (AvgIpc) is 2.80. The zero-order valence-electron chi connectivity index (χ0n) is 15.8. The van der Waals surface area contributed by atoms with Gasteiger partial charge in [0.05, 0.1) is 22.2 Å². The molecule has 2 N–H and O–H groups in total. The molecule has 0 saturated carbocycles. The first-order chi connectivity index (χ1) is 12.3. The van der Waals surface area contributed by atoms with Gasteiger partial charge in [-0.25, -0.2) is 12.7 Å². The third kappa shape index (κ3) is 4.56. The predicted molar refractivity (Wildman–Crippen MR) is 106 cm³/mol. The minimum Gasteiger partial charge on any atom is -0.369 e. The maximum absolute atomic E-state index is 12.5. The molecule has 1 unspecified atom stereocenters. The lowest BCUT2D eigenvalue weighted by atomic mass is 10.1. The molecule has 26 heavy (non-hydrogen) atoms. The number of hydrazine groups is 1. The normalized spacial score (nSPS) is 17.8. The Bertz CT molecular complexity index is 790. The molecule has 1 atom stereocenters. The van der Waals surface area contributed by atoms with Gasteiger partial charge in [0.15, 0.2) is 0 Å². The molecule has 0 aromatic carbocycles. The van der Waals surface area contributed by atoms with Gasteiger partial charge in [0.1, 0.15) is 0 Å². The molecule has 1 heterocycles. The summed E-state index contributed by atoms with van der Waals surface area (Å²) in [5.74, 6) is 3.10. The summed E-state index contributed by atoms with van der Waals surface area (Å²) < 4.78 is 26.4. The summed E-state index contributed by atoms with van der Waals surface area (Å²) in [4.78, 5) is 2.11. The fourth-order valence-electron chi connectivity index (χ4n) is 2.76. The van der Waals surface area contributed by atoms with E-state index in [2.05, 4.69) is 27.7 Å². The van der Waals surface area contributed by atoms with Crippen LogP contribution < -0.4 is 10.9 Å². The van der Waals surface area contributed by atoms with Gasteiger partial charge < -0.3 is 4.90 Å². The number of allylic oxidation sites excluding steroid dienone is 4. The third-order valence-corrected chi connectivity index (χ3v) is 7.36. The number of nitrogens with zero attached hydrogens (tertiary/aromatic N) is 2. The first-order valence-electron chi connectivity index (χ1n) is 8.84. The van der Waals surface area contributed by atoms with E-state index in [0.717, 1.165) is 28.5 Å². The Morgan fingerprint density at radius 2 is 2.08 bits per heavy atom. The van der Waals surface area contributed by atoms with E-state index in [9.17, 15) is 8.42 Å². The first-order valence-corrected chi connectivity index (χ1v) is 10.7. The van der Waals surface area contributed by atoms with Gasteiger partial charge in [-0.1, -0.05) is 24.6 Å². The molecule has 8 heteroatoms. The lowest BCUT2D eigenvalue weighted by molar-refractivity contribution is 0.333. The minimum atomic E-state index is -3.28. The Morgan fingerprint density at radius 3 is 2.73 bits per heavy atom. The minimum absolute atomic E-state index is 0.383. The molecule has 0 radical (unpaired) electrons. The van der Waals surface area contributed by atoms with Crippen LogP contribution in [0.5, 0.6) is 0 Å². The van der Waals surface area contributed by atoms with Crippen molar-refractivity contribution >= 4 is 21.6 Å². The average molecular weight is 399 g/mol. The highest BCUT2D eigenvalue weighted by molar-refractivity contribution is 7.89. The van der Waals surface area contributed by atoms with Gasteiger partial charge in [-0.05, 0) is 32.3 Å². The van der Waals surface area contributed by atoms with Crippen molar-refractivity contribution in [1.82, 2.24) is 20.1 Å². The molecule has 0 fully saturated rings. The summed E-state index contributed by atoms with van der Waals surface area (Å²) >= 11 is 6.33. The van der Waals surface area contributed by atoms with Crippen LogP contribution >= 0.6 is 11.6 Å². The fourth-order valence-corrected chi connectivity index (χ4v) is 4.31. The summed E-state index contributed by atoms with van der Waals surface area (Å²) in [7, 11) is -1.64. The van der Waals surface area contributed by atoms with Crippen molar-refractivity contribution in [3.63, 3.8) is 0 Å². The van der Waals surface area contributed by atoms with Crippen LogP contribution in [0, 0.1) is 12.0 Å². The molecule has 0 amide bonds. The molecule has 2 rings (SSSR count). The lowest BCUT2D eigenvalue weighted by Gasteiger charge is -2.29. The van der Waals surface area contributed by atoms with Crippen molar-refractivity contribution in [1.29, 1.82) is 0 Å². The zero-order chi connectivity index (χ0) is 19.3. The first kappa shape index (κ1) is 20.7. The molecule has 0 aromatic heterocycles. The van der Waals surface area contributed by atoms with E-state index in [4.69, 9.17) is 11.6 Å². The molecule has 1 aliphatic carbocycles. The van der Waals surface area contributed by atoms with Gasteiger partial charge in [0, 0.05) is 44.2 Å². The zero-order valence-corrected chi connectivity index (χ0v) is 17.3. The highest BCUT2D eigenvalue weighted by Crippen LogP contribution is 2.26. The molecule has 0 spiro atoms. The van der Waals surface area contributed by atoms with Gasteiger partial charge in [0.2, 0.25) is 10.0 Å². The van der Waals surface area contributed by atoms with E-state index in [0.29, 0.717) is 25.9 Å². The Hall–Kier alpha value is -1.62. The molecular formula is C18H27ClN4O2S. The van der Waals surface area contributed by atoms with Gasteiger partial charge in [-0.2, -0.15) is 0 Å². The lowest BCUT2D eigenvalue weighted by Crippen LogP contribution is -2.40. The SMILES string of the molecule is CCC(C)S(=O)(=O)N(C)CCN(CC)C1=C2C#CNNC2=CCC(Cl)=C1. The van der Waals surface area contributed by atoms with Gasteiger partial charge in [-0.3, -0.25) is 10.9 Å². The van der Waals surface area contributed by atoms with E-state index >= 15 is 0 Å². The van der Waals surface area contributed by atoms with Gasteiger partial charge >= 0.3 is 0 Å². The number of likely N-dealkylation sites (N-methyl/N-ethyl adjacent to an activating group) is 2. The standard InChI is InChI=1S/C18H27ClN4O2S/c1-5-14(3)26(24,25)22(4)11-12-23(6-2)18-13-15(19)7-8-17-16(18)9-10-20-21-17/h8,13-14,20-21H,5-7,11-12H2,1-4H3. The predicted octanol–water partition coefficient (Wildman–Crippen LogP) is 2.10. The number of sulfonamides is 1. The second-order valence-electron chi connectivity index (χ2n) is 6.34. The van der Waals surface area contributed by atoms with E-state index < -0.39 is 10.0 Å². The molecule has 0 saturated heterocycles.